The summed E-state index contributed by atoms with van der Waals surface area (Å²) in [5.74, 6) is 1.37. The van der Waals surface area contributed by atoms with Crippen LogP contribution in [0.2, 0.25) is 0 Å². The Bertz CT molecular complexity index is 1340. The maximum absolute atomic E-state index is 11.6. The van der Waals surface area contributed by atoms with E-state index < -0.39 is 10.0 Å². The van der Waals surface area contributed by atoms with Gasteiger partial charge in [0.05, 0.1) is 9.90 Å². The molecule has 3 N–H and O–H groups in total. The zero-order chi connectivity index (χ0) is 22.7. The summed E-state index contributed by atoms with van der Waals surface area (Å²) < 4.78 is 29.4. The Morgan fingerprint density at radius 1 is 1.03 bits per heavy atom. The van der Waals surface area contributed by atoms with Crippen molar-refractivity contribution in [2.75, 3.05) is 5.32 Å². The van der Waals surface area contributed by atoms with Crippen LogP contribution in [0.4, 0.5) is 11.5 Å². The maximum Gasteiger partial charge on any atom is 0.238 e. The highest BCUT2D eigenvalue weighted by Crippen LogP contribution is 2.40. The van der Waals surface area contributed by atoms with Crippen LogP contribution in [0, 0.1) is 0 Å². The van der Waals surface area contributed by atoms with Gasteiger partial charge in [0.25, 0.3) is 0 Å². The number of thiazole rings is 1. The van der Waals surface area contributed by atoms with Gasteiger partial charge in [-0.1, -0.05) is 61.6 Å². The number of pyridine rings is 1. The second kappa shape index (κ2) is 9.07. The second-order valence-electron chi connectivity index (χ2n) is 7.39. The van der Waals surface area contributed by atoms with E-state index in [0.717, 1.165) is 16.3 Å². The molecule has 2 aromatic heterocycles. The van der Waals surface area contributed by atoms with E-state index in [0.29, 0.717) is 22.3 Å². The molecule has 0 radical (unpaired) electrons. The molecule has 0 aliphatic rings. The number of nitrogens with zero attached hydrogens (tertiary/aromatic N) is 2. The molecule has 0 bridgehead atoms. The molecule has 0 fully saturated rings. The van der Waals surface area contributed by atoms with Crippen molar-refractivity contribution in [1.82, 2.24) is 9.97 Å². The van der Waals surface area contributed by atoms with Gasteiger partial charge in [-0.15, -0.1) is 0 Å². The lowest BCUT2D eigenvalue weighted by atomic mass is 10.1. The van der Waals surface area contributed by atoms with Crippen molar-refractivity contribution in [1.29, 1.82) is 0 Å². The summed E-state index contributed by atoms with van der Waals surface area (Å²) in [6.07, 6.45) is 1.62. The highest BCUT2D eigenvalue weighted by molar-refractivity contribution is 7.89. The van der Waals surface area contributed by atoms with Gasteiger partial charge in [-0.3, -0.25) is 0 Å². The summed E-state index contributed by atoms with van der Waals surface area (Å²) in [6.45, 7) is 4.20. The fraction of sp³-hybridized carbons (Fsp3) is 0.130. The first-order chi connectivity index (χ1) is 15.3. The van der Waals surface area contributed by atoms with Gasteiger partial charge in [-0.05, 0) is 24.3 Å². The van der Waals surface area contributed by atoms with E-state index >= 15 is 0 Å². The molecule has 0 aliphatic heterocycles. The molecular formula is C23H22N4O3S2. The zero-order valence-corrected chi connectivity index (χ0v) is 19.2. The third kappa shape index (κ3) is 5.13. The molecule has 164 valence electrons. The van der Waals surface area contributed by atoms with E-state index in [1.807, 2.05) is 30.3 Å². The molecule has 2 heterocycles. The molecule has 0 aliphatic carbocycles. The van der Waals surface area contributed by atoms with E-state index in [-0.39, 0.29) is 10.8 Å². The fourth-order valence-electron chi connectivity index (χ4n) is 2.97. The van der Waals surface area contributed by atoms with Crippen LogP contribution in [0.15, 0.2) is 77.8 Å². The number of benzene rings is 2. The number of rotatable bonds is 7. The number of sulfonamides is 1. The number of anilines is 2. The van der Waals surface area contributed by atoms with Gasteiger partial charge in [0.15, 0.2) is 0 Å². The monoisotopic (exact) mass is 466 g/mol. The van der Waals surface area contributed by atoms with Crippen molar-refractivity contribution < 1.29 is 13.2 Å². The van der Waals surface area contributed by atoms with Gasteiger partial charge in [-0.2, -0.15) is 0 Å². The van der Waals surface area contributed by atoms with Crippen LogP contribution in [-0.2, 0) is 10.0 Å². The second-order valence-corrected chi connectivity index (χ2v) is 9.94. The summed E-state index contributed by atoms with van der Waals surface area (Å²) in [5, 5.41) is 10.0. The highest BCUT2D eigenvalue weighted by Gasteiger charge is 2.17. The number of primary sulfonamides is 1. The molecule has 9 heteroatoms. The van der Waals surface area contributed by atoms with Crippen molar-refractivity contribution in [2.24, 2.45) is 5.14 Å². The summed E-state index contributed by atoms with van der Waals surface area (Å²) in [4.78, 5) is 9.11. The Labute approximate surface area is 191 Å². The summed E-state index contributed by atoms with van der Waals surface area (Å²) in [5.41, 5.74) is 2.33. The van der Waals surface area contributed by atoms with Gasteiger partial charge < -0.3 is 10.1 Å². The molecule has 0 saturated carbocycles. The Kier molecular flexibility index (Phi) is 6.22. The van der Waals surface area contributed by atoms with Gasteiger partial charge >= 0.3 is 0 Å². The minimum absolute atomic E-state index is 0.0216. The molecule has 4 rings (SSSR count). The Morgan fingerprint density at radius 3 is 2.53 bits per heavy atom. The molecule has 4 aromatic rings. The largest absolute Gasteiger partial charge is 0.444 e. The fourth-order valence-corrected chi connectivity index (χ4v) is 4.49. The number of ether oxygens (including phenoxy) is 1. The predicted molar refractivity (Wildman–Crippen MR) is 127 cm³/mol. The first-order valence-electron chi connectivity index (χ1n) is 9.89. The minimum Gasteiger partial charge on any atom is -0.444 e. The van der Waals surface area contributed by atoms with Crippen molar-refractivity contribution in [3.8, 4) is 22.1 Å². The van der Waals surface area contributed by atoms with Crippen molar-refractivity contribution >= 4 is 32.9 Å². The topological polar surface area (TPSA) is 107 Å². The molecule has 7 nitrogen and oxygen atoms in total. The molecular weight excluding hydrogens is 444 g/mol. The standard InChI is InChI=1S/C23H22N4O3S2/c1-15(2)22-27-21(16-7-4-3-5-8-16)23(31-22)30-18-11-12-25-20(14-18)26-17-9-6-10-19(13-17)32(24,28)29/h3-15H,1-2H3,(H,25,26)(H2,24,28,29). The van der Waals surface area contributed by atoms with Crippen molar-refractivity contribution in [2.45, 2.75) is 24.7 Å². The van der Waals surface area contributed by atoms with Crippen molar-refractivity contribution in [3.05, 3.63) is 77.9 Å². The van der Waals surface area contributed by atoms with E-state index in [4.69, 9.17) is 14.9 Å². The van der Waals surface area contributed by atoms with Crippen LogP contribution in [0.5, 0.6) is 10.8 Å². The lowest BCUT2D eigenvalue weighted by molar-refractivity contribution is 0.496. The maximum atomic E-state index is 11.6. The Morgan fingerprint density at radius 2 is 1.81 bits per heavy atom. The van der Waals surface area contributed by atoms with E-state index in [9.17, 15) is 8.42 Å². The third-order valence-electron chi connectivity index (χ3n) is 4.53. The molecule has 0 saturated heterocycles. The molecule has 0 spiro atoms. The molecule has 32 heavy (non-hydrogen) atoms. The highest BCUT2D eigenvalue weighted by atomic mass is 32.2. The van der Waals surface area contributed by atoms with E-state index in [2.05, 4.69) is 24.1 Å². The van der Waals surface area contributed by atoms with Crippen molar-refractivity contribution in [3.63, 3.8) is 0 Å². The lowest BCUT2D eigenvalue weighted by Gasteiger charge is -2.09. The Hall–Kier alpha value is -3.27. The molecule has 0 unspecified atom stereocenters. The van der Waals surface area contributed by atoms with Crippen LogP contribution in [0.25, 0.3) is 11.3 Å². The van der Waals surface area contributed by atoms with Crippen LogP contribution in [0.1, 0.15) is 24.8 Å². The van der Waals surface area contributed by atoms with Crippen LogP contribution in [-0.4, -0.2) is 18.4 Å². The van der Waals surface area contributed by atoms with Gasteiger partial charge in [0.1, 0.15) is 17.3 Å². The third-order valence-corrected chi connectivity index (χ3v) is 6.68. The summed E-state index contributed by atoms with van der Waals surface area (Å²) in [7, 11) is -3.79. The molecule has 2 aromatic carbocycles. The summed E-state index contributed by atoms with van der Waals surface area (Å²) in [6, 6.07) is 19.6. The minimum atomic E-state index is -3.79. The molecule has 0 atom stereocenters. The van der Waals surface area contributed by atoms with Crippen LogP contribution >= 0.6 is 11.3 Å². The number of aromatic nitrogens is 2. The smallest absolute Gasteiger partial charge is 0.238 e. The van der Waals surface area contributed by atoms with E-state index in [1.165, 1.54) is 23.5 Å². The van der Waals surface area contributed by atoms with Crippen LogP contribution < -0.4 is 15.2 Å². The number of hydrogen-bond donors (Lipinski definition) is 2. The SMILES string of the molecule is CC(C)c1nc(-c2ccccc2)c(Oc2ccnc(Nc3cccc(S(N)(=O)=O)c3)c2)s1. The molecule has 0 amide bonds. The zero-order valence-electron chi connectivity index (χ0n) is 17.5. The van der Waals surface area contributed by atoms with E-state index in [1.54, 1.807) is 30.5 Å². The normalized spacial score (nSPS) is 11.5. The first kappa shape index (κ1) is 21.9. The number of hydrogen-bond acceptors (Lipinski definition) is 7. The number of nitrogens with one attached hydrogen (secondary N) is 1. The van der Waals surface area contributed by atoms with Gasteiger partial charge in [-0.25, -0.2) is 23.5 Å². The quantitative estimate of drug-likeness (QED) is 0.372. The first-order valence-corrected chi connectivity index (χ1v) is 12.3. The van der Waals surface area contributed by atoms with Gasteiger partial charge in [0, 0.05) is 29.4 Å². The Balaban J connectivity index is 1.61. The summed E-state index contributed by atoms with van der Waals surface area (Å²) >= 11 is 1.52. The number of nitrogens with two attached hydrogens (primary N) is 1. The predicted octanol–water partition coefficient (Wildman–Crippen LogP) is 5.51. The van der Waals surface area contributed by atoms with Gasteiger partial charge in [0.2, 0.25) is 15.1 Å². The average molecular weight is 467 g/mol. The average Bonchev–Trinajstić information content (AvgIpc) is 3.18. The van der Waals surface area contributed by atoms with Crippen LogP contribution in [0.3, 0.4) is 0 Å². The lowest BCUT2D eigenvalue weighted by Crippen LogP contribution is -2.12.